The van der Waals surface area contributed by atoms with Gasteiger partial charge in [-0.05, 0) is 17.5 Å². The zero-order valence-corrected chi connectivity index (χ0v) is 16.6. The quantitative estimate of drug-likeness (QED) is 0.396. The van der Waals surface area contributed by atoms with Gasteiger partial charge in [-0.15, -0.1) is 21.5 Å². The highest BCUT2D eigenvalue weighted by molar-refractivity contribution is 7.99. The van der Waals surface area contributed by atoms with Crippen LogP contribution in [0.4, 0.5) is 5.69 Å². The summed E-state index contributed by atoms with van der Waals surface area (Å²) >= 11 is 2.39. The lowest BCUT2D eigenvalue weighted by atomic mass is 10.2. The zero-order valence-electron chi connectivity index (χ0n) is 15.0. The van der Waals surface area contributed by atoms with Crippen LogP contribution in [-0.2, 0) is 16.6 Å². The number of anilines is 1. The van der Waals surface area contributed by atoms with Gasteiger partial charge in [-0.1, -0.05) is 30.0 Å². The van der Waals surface area contributed by atoms with Gasteiger partial charge in [-0.3, -0.25) is 4.79 Å². The first kappa shape index (κ1) is 18.4. The number of aryl methyl sites for hydroxylation is 1. The number of carbonyl (C=O) groups excluding carboxylic acids is 2. The number of nitrogens with one attached hydrogen (secondary N) is 1. The van der Waals surface area contributed by atoms with Crippen LogP contribution in [-0.4, -0.2) is 44.5 Å². The average Bonchev–Trinajstić information content (AvgIpc) is 3.29. The largest absolute Gasteiger partial charge is 0.465 e. The molecule has 28 heavy (non-hydrogen) atoms. The highest BCUT2D eigenvalue weighted by atomic mass is 32.2. The molecule has 0 bridgehead atoms. The third kappa shape index (κ3) is 3.32. The highest BCUT2D eigenvalue weighted by Crippen LogP contribution is 2.26. The molecular formula is C18H15N5O3S2. The first-order chi connectivity index (χ1) is 13.6. The van der Waals surface area contributed by atoms with Crippen molar-refractivity contribution < 1.29 is 14.3 Å². The van der Waals surface area contributed by atoms with Gasteiger partial charge in [-0.2, -0.15) is 0 Å². The monoisotopic (exact) mass is 413 g/mol. The van der Waals surface area contributed by atoms with Crippen molar-refractivity contribution in [2.45, 2.75) is 5.16 Å². The molecule has 4 aromatic rings. The molecule has 4 rings (SSSR count). The van der Waals surface area contributed by atoms with E-state index in [0.29, 0.717) is 21.4 Å². The molecule has 0 unspecified atom stereocenters. The van der Waals surface area contributed by atoms with E-state index < -0.39 is 5.97 Å². The number of hydrogen-bond donors (Lipinski definition) is 1. The van der Waals surface area contributed by atoms with Crippen molar-refractivity contribution in [1.82, 2.24) is 19.7 Å². The number of carbonyl (C=O) groups is 2. The van der Waals surface area contributed by atoms with Crippen molar-refractivity contribution in [3.05, 3.63) is 40.6 Å². The molecule has 3 aromatic heterocycles. The minimum absolute atomic E-state index is 0.0909. The maximum atomic E-state index is 12.3. The molecule has 3 heterocycles. The summed E-state index contributed by atoms with van der Waals surface area (Å²) in [7, 11) is 3.22. The molecule has 0 aliphatic rings. The summed E-state index contributed by atoms with van der Waals surface area (Å²) in [6.07, 6.45) is 0. The number of hydrogen-bond acceptors (Lipinski definition) is 8. The fourth-order valence-electron chi connectivity index (χ4n) is 2.83. The molecule has 0 spiro atoms. The van der Waals surface area contributed by atoms with Crippen LogP contribution in [0, 0.1) is 0 Å². The molecule has 0 aliphatic carbocycles. The zero-order chi connectivity index (χ0) is 19.7. The Bertz CT molecular complexity index is 1200. The van der Waals surface area contributed by atoms with Gasteiger partial charge >= 0.3 is 5.97 Å². The van der Waals surface area contributed by atoms with Crippen LogP contribution >= 0.6 is 23.1 Å². The Morgan fingerprint density at radius 3 is 2.89 bits per heavy atom. The first-order valence-electron chi connectivity index (χ1n) is 8.25. The SMILES string of the molecule is COC(=O)c1sccc1NC(=O)CSc1nnc2c3ccccc3n(C)c2n1. The molecule has 1 aromatic carbocycles. The molecule has 0 saturated heterocycles. The number of rotatable bonds is 5. The Hall–Kier alpha value is -2.98. The van der Waals surface area contributed by atoms with E-state index >= 15 is 0 Å². The van der Waals surface area contributed by atoms with E-state index in [-0.39, 0.29) is 11.7 Å². The van der Waals surface area contributed by atoms with Crippen molar-refractivity contribution in [1.29, 1.82) is 0 Å². The summed E-state index contributed by atoms with van der Waals surface area (Å²) in [6.45, 7) is 0. The maximum absolute atomic E-state index is 12.3. The summed E-state index contributed by atoms with van der Waals surface area (Å²) < 4.78 is 6.66. The molecular weight excluding hydrogens is 398 g/mol. The number of aromatic nitrogens is 4. The van der Waals surface area contributed by atoms with Gasteiger partial charge in [0.05, 0.1) is 24.1 Å². The molecule has 0 radical (unpaired) electrons. The third-order valence-electron chi connectivity index (χ3n) is 4.13. The molecule has 8 nitrogen and oxygen atoms in total. The van der Waals surface area contributed by atoms with E-state index in [4.69, 9.17) is 4.74 Å². The maximum Gasteiger partial charge on any atom is 0.350 e. The second-order valence-corrected chi connectivity index (χ2v) is 7.69. The molecule has 10 heteroatoms. The lowest BCUT2D eigenvalue weighted by Crippen LogP contribution is -2.16. The Morgan fingerprint density at radius 1 is 1.25 bits per heavy atom. The number of thiophene rings is 1. The third-order valence-corrected chi connectivity index (χ3v) is 5.86. The van der Waals surface area contributed by atoms with Gasteiger partial charge in [0.25, 0.3) is 0 Å². The second kappa shape index (κ2) is 7.56. The van der Waals surface area contributed by atoms with Crippen molar-refractivity contribution in [2.75, 3.05) is 18.2 Å². The summed E-state index contributed by atoms with van der Waals surface area (Å²) in [5, 5.41) is 14.3. The Labute approximate surface area is 167 Å². The van der Waals surface area contributed by atoms with Crippen LogP contribution in [0.25, 0.3) is 22.1 Å². The van der Waals surface area contributed by atoms with Gasteiger partial charge in [-0.25, -0.2) is 9.78 Å². The number of benzene rings is 1. The predicted molar refractivity (Wildman–Crippen MR) is 109 cm³/mol. The number of amides is 1. The summed E-state index contributed by atoms with van der Waals surface area (Å²) in [5.74, 6) is -0.658. The number of thioether (sulfide) groups is 1. The Kier molecular flexibility index (Phi) is 4.97. The minimum atomic E-state index is -0.480. The molecule has 0 saturated carbocycles. The van der Waals surface area contributed by atoms with Gasteiger partial charge in [0, 0.05) is 12.4 Å². The van der Waals surface area contributed by atoms with E-state index in [1.165, 1.54) is 30.2 Å². The van der Waals surface area contributed by atoms with E-state index in [1.54, 1.807) is 11.4 Å². The molecule has 0 fully saturated rings. The fraction of sp³-hybridized carbons (Fsp3) is 0.167. The lowest BCUT2D eigenvalue weighted by molar-refractivity contribution is -0.113. The van der Waals surface area contributed by atoms with E-state index in [9.17, 15) is 9.59 Å². The number of esters is 1. The minimum Gasteiger partial charge on any atom is -0.465 e. The van der Waals surface area contributed by atoms with Crippen LogP contribution < -0.4 is 5.32 Å². The van der Waals surface area contributed by atoms with Gasteiger partial charge in [0.15, 0.2) is 5.65 Å². The topological polar surface area (TPSA) is 99.0 Å². The van der Waals surface area contributed by atoms with E-state index in [1.807, 2.05) is 35.9 Å². The van der Waals surface area contributed by atoms with Crippen LogP contribution in [0.5, 0.6) is 0 Å². The second-order valence-electron chi connectivity index (χ2n) is 5.83. The highest BCUT2D eigenvalue weighted by Gasteiger charge is 2.17. The normalized spacial score (nSPS) is 11.1. The fourth-order valence-corrected chi connectivity index (χ4v) is 4.18. The van der Waals surface area contributed by atoms with Crippen LogP contribution in [0.2, 0.25) is 0 Å². The summed E-state index contributed by atoms with van der Waals surface area (Å²) in [4.78, 5) is 28.8. The summed E-state index contributed by atoms with van der Waals surface area (Å²) in [5.41, 5.74) is 2.90. The first-order valence-corrected chi connectivity index (χ1v) is 10.1. The molecule has 0 aliphatic heterocycles. The van der Waals surface area contributed by atoms with Crippen molar-refractivity contribution >= 4 is 62.7 Å². The smallest absolute Gasteiger partial charge is 0.350 e. The average molecular weight is 413 g/mol. The van der Waals surface area contributed by atoms with Crippen molar-refractivity contribution in [3.63, 3.8) is 0 Å². The Morgan fingerprint density at radius 2 is 2.07 bits per heavy atom. The summed E-state index contributed by atoms with van der Waals surface area (Å²) in [6, 6.07) is 9.55. The Balaban J connectivity index is 1.49. The van der Waals surface area contributed by atoms with Crippen LogP contribution in [0.1, 0.15) is 9.67 Å². The molecule has 1 amide bonds. The standard InChI is InChI=1S/C18H15N5O3S2/c1-23-12-6-4-3-5-10(12)14-16(23)20-18(22-21-14)28-9-13(24)19-11-7-8-27-15(11)17(25)26-2/h3-8H,9H2,1-2H3,(H,19,24). The van der Waals surface area contributed by atoms with E-state index in [0.717, 1.165) is 16.4 Å². The predicted octanol–water partition coefficient (Wildman–Crippen LogP) is 3.10. The number of methoxy groups -OCH3 is 1. The van der Waals surface area contributed by atoms with Gasteiger partial charge in [0.2, 0.25) is 11.1 Å². The van der Waals surface area contributed by atoms with Gasteiger partial charge < -0.3 is 14.6 Å². The number of nitrogens with zero attached hydrogens (tertiary/aromatic N) is 4. The number of ether oxygens (including phenoxy) is 1. The lowest BCUT2D eigenvalue weighted by Gasteiger charge is -2.05. The van der Waals surface area contributed by atoms with Crippen LogP contribution in [0.3, 0.4) is 0 Å². The van der Waals surface area contributed by atoms with Crippen molar-refractivity contribution in [3.8, 4) is 0 Å². The van der Waals surface area contributed by atoms with E-state index in [2.05, 4.69) is 20.5 Å². The molecule has 1 N–H and O–H groups in total. The molecule has 142 valence electrons. The van der Waals surface area contributed by atoms with Crippen LogP contribution in [0.15, 0.2) is 40.9 Å². The number of fused-ring (bicyclic) bond motifs is 3. The van der Waals surface area contributed by atoms with Gasteiger partial charge in [0.1, 0.15) is 10.4 Å². The number of para-hydroxylation sites is 1. The van der Waals surface area contributed by atoms with Crippen molar-refractivity contribution in [2.24, 2.45) is 7.05 Å². The molecule has 0 atom stereocenters.